The summed E-state index contributed by atoms with van der Waals surface area (Å²) in [5.41, 5.74) is 4.46. The first-order chi connectivity index (χ1) is 16.4. The molecule has 5 heteroatoms. The van der Waals surface area contributed by atoms with Crippen LogP contribution >= 0.6 is 11.8 Å². The molecule has 0 bridgehead atoms. The zero-order chi connectivity index (χ0) is 24.1. The zero-order valence-corrected chi connectivity index (χ0v) is 20.4. The Labute approximate surface area is 204 Å². The number of aryl methyl sites for hydroxylation is 2. The van der Waals surface area contributed by atoms with Crippen molar-refractivity contribution >= 4 is 45.7 Å². The van der Waals surface area contributed by atoms with Crippen LogP contribution in [0.4, 0.5) is 11.4 Å². The highest BCUT2D eigenvalue weighted by Gasteiger charge is 2.19. The third-order valence-corrected chi connectivity index (χ3v) is 7.18. The van der Waals surface area contributed by atoms with Gasteiger partial charge < -0.3 is 10.6 Å². The van der Waals surface area contributed by atoms with E-state index in [0.29, 0.717) is 17.7 Å². The van der Waals surface area contributed by atoms with Crippen LogP contribution in [0.2, 0.25) is 0 Å². The number of carbonyl (C=O) groups is 2. The van der Waals surface area contributed by atoms with Crippen molar-refractivity contribution in [2.24, 2.45) is 0 Å². The Morgan fingerprint density at radius 3 is 2.29 bits per heavy atom. The largest absolute Gasteiger partial charge is 0.325 e. The van der Waals surface area contributed by atoms with Crippen LogP contribution in [0, 0.1) is 13.8 Å². The van der Waals surface area contributed by atoms with Gasteiger partial charge in [0.25, 0.3) is 5.91 Å². The summed E-state index contributed by atoms with van der Waals surface area (Å²) in [7, 11) is 0. The maximum Gasteiger partial charge on any atom is 0.255 e. The number of fused-ring (bicyclic) bond motifs is 1. The Bertz CT molecular complexity index is 1350. The van der Waals surface area contributed by atoms with Gasteiger partial charge in [-0.3, -0.25) is 9.59 Å². The molecule has 0 aliphatic rings. The van der Waals surface area contributed by atoms with E-state index in [4.69, 9.17) is 0 Å². The molecule has 34 heavy (non-hydrogen) atoms. The van der Waals surface area contributed by atoms with Crippen LogP contribution in [0.15, 0.2) is 89.8 Å². The van der Waals surface area contributed by atoms with Gasteiger partial charge in [0.1, 0.15) is 0 Å². The number of rotatable bonds is 7. The van der Waals surface area contributed by atoms with Crippen LogP contribution in [0.3, 0.4) is 0 Å². The molecule has 2 N–H and O–H groups in total. The molecule has 0 heterocycles. The minimum Gasteiger partial charge on any atom is -0.325 e. The summed E-state index contributed by atoms with van der Waals surface area (Å²) in [5.74, 6) is -0.186. The van der Waals surface area contributed by atoms with Crippen molar-refractivity contribution in [1.82, 2.24) is 0 Å². The first kappa shape index (κ1) is 23.6. The quantitative estimate of drug-likeness (QED) is 0.282. The maximum atomic E-state index is 12.9. The van der Waals surface area contributed by atoms with E-state index in [-0.39, 0.29) is 17.1 Å². The Hall–Kier alpha value is -3.57. The summed E-state index contributed by atoms with van der Waals surface area (Å²) < 4.78 is 0. The summed E-state index contributed by atoms with van der Waals surface area (Å²) in [5, 5.41) is 7.90. The molecule has 0 saturated heterocycles. The number of anilines is 2. The molecule has 1 unspecified atom stereocenters. The molecule has 0 fully saturated rings. The third kappa shape index (κ3) is 5.67. The topological polar surface area (TPSA) is 58.2 Å². The molecule has 4 aromatic carbocycles. The summed E-state index contributed by atoms with van der Waals surface area (Å²) >= 11 is 1.50. The highest BCUT2D eigenvalue weighted by atomic mass is 32.2. The predicted molar refractivity (Wildman–Crippen MR) is 143 cm³/mol. The predicted octanol–water partition coefficient (Wildman–Crippen LogP) is 7.22. The monoisotopic (exact) mass is 468 g/mol. The van der Waals surface area contributed by atoms with Crippen LogP contribution in [0.1, 0.15) is 34.8 Å². The van der Waals surface area contributed by atoms with Gasteiger partial charge in [0, 0.05) is 21.8 Å². The van der Waals surface area contributed by atoms with Crippen LogP contribution in [-0.2, 0) is 4.79 Å². The van der Waals surface area contributed by atoms with E-state index in [1.54, 1.807) is 0 Å². The molecule has 0 saturated carbocycles. The van der Waals surface area contributed by atoms with Gasteiger partial charge in [-0.25, -0.2) is 0 Å². The van der Waals surface area contributed by atoms with Crippen LogP contribution < -0.4 is 10.6 Å². The van der Waals surface area contributed by atoms with E-state index >= 15 is 0 Å². The van der Waals surface area contributed by atoms with Crippen LogP contribution in [-0.4, -0.2) is 17.1 Å². The maximum absolute atomic E-state index is 12.9. The van der Waals surface area contributed by atoms with Gasteiger partial charge in [0.2, 0.25) is 5.91 Å². The van der Waals surface area contributed by atoms with Crippen molar-refractivity contribution in [3.8, 4) is 0 Å². The molecule has 1 atom stereocenters. The summed E-state index contributed by atoms with van der Waals surface area (Å²) in [4.78, 5) is 26.7. The van der Waals surface area contributed by atoms with Crippen LogP contribution in [0.5, 0.6) is 0 Å². The van der Waals surface area contributed by atoms with Crippen molar-refractivity contribution < 1.29 is 9.59 Å². The third-order valence-electron chi connectivity index (χ3n) is 5.82. The highest BCUT2D eigenvalue weighted by molar-refractivity contribution is 8.00. The van der Waals surface area contributed by atoms with Crippen molar-refractivity contribution in [3.05, 3.63) is 102 Å². The number of nitrogens with one attached hydrogen (secondary N) is 2. The van der Waals surface area contributed by atoms with Gasteiger partial charge >= 0.3 is 0 Å². The fourth-order valence-electron chi connectivity index (χ4n) is 3.71. The van der Waals surface area contributed by atoms with Gasteiger partial charge in [-0.15, -0.1) is 11.8 Å². The first-order valence-electron chi connectivity index (χ1n) is 11.4. The fourth-order valence-corrected chi connectivity index (χ4v) is 4.72. The second-order valence-corrected chi connectivity index (χ2v) is 9.62. The second kappa shape index (κ2) is 10.6. The summed E-state index contributed by atoms with van der Waals surface area (Å²) in [6.45, 7) is 6.09. The van der Waals surface area contributed by atoms with Gasteiger partial charge in [-0.05, 0) is 84.6 Å². The molecule has 0 spiro atoms. The molecule has 4 aromatic rings. The number of hydrogen-bond donors (Lipinski definition) is 2. The van der Waals surface area contributed by atoms with Crippen molar-refractivity contribution in [1.29, 1.82) is 0 Å². The van der Waals surface area contributed by atoms with Crippen molar-refractivity contribution in [3.63, 3.8) is 0 Å². The normalized spacial score (nSPS) is 11.7. The van der Waals surface area contributed by atoms with E-state index in [2.05, 4.69) is 17.6 Å². The zero-order valence-electron chi connectivity index (χ0n) is 19.6. The lowest BCUT2D eigenvalue weighted by Gasteiger charge is -2.16. The number of carbonyl (C=O) groups excluding carboxylic acids is 2. The molecule has 2 amide bonds. The van der Waals surface area contributed by atoms with Crippen molar-refractivity contribution in [2.75, 3.05) is 10.6 Å². The fraction of sp³-hybridized carbons (Fsp3) is 0.172. The molecule has 0 aliphatic heterocycles. The summed E-state index contributed by atoms with van der Waals surface area (Å²) in [6.07, 6.45) is 0.690. The molecule has 0 aromatic heterocycles. The Kier molecular flexibility index (Phi) is 7.33. The van der Waals surface area contributed by atoms with E-state index in [1.807, 2.05) is 98.8 Å². The Morgan fingerprint density at radius 1 is 0.765 bits per heavy atom. The Balaban J connectivity index is 1.43. The Morgan fingerprint density at radius 2 is 1.53 bits per heavy atom. The van der Waals surface area contributed by atoms with Gasteiger partial charge in [0.05, 0.1) is 5.25 Å². The first-order valence-corrected chi connectivity index (χ1v) is 12.3. The highest BCUT2D eigenvalue weighted by Crippen LogP contribution is 2.29. The number of benzene rings is 4. The number of hydrogen-bond acceptors (Lipinski definition) is 3. The number of thioether (sulfide) groups is 1. The number of amides is 2. The minimum absolute atomic E-state index is 0.0265. The minimum atomic E-state index is -0.243. The molecular weight excluding hydrogens is 440 g/mol. The molecule has 4 nitrogen and oxygen atoms in total. The van der Waals surface area contributed by atoms with Crippen molar-refractivity contribution in [2.45, 2.75) is 37.3 Å². The smallest absolute Gasteiger partial charge is 0.255 e. The average Bonchev–Trinajstić information content (AvgIpc) is 2.84. The second-order valence-electron chi connectivity index (χ2n) is 8.35. The summed E-state index contributed by atoms with van der Waals surface area (Å²) in [6, 6.07) is 27.2. The lowest BCUT2D eigenvalue weighted by molar-refractivity contribution is -0.115. The van der Waals surface area contributed by atoms with Gasteiger partial charge in [-0.1, -0.05) is 49.4 Å². The lowest BCUT2D eigenvalue weighted by atomic mass is 10.1. The lowest BCUT2D eigenvalue weighted by Crippen LogP contribution is -2.24. The van der Waals surface area contributed by atoms with E-state index in [1.165, 1.54) is 17.3 Å². The van der Waals surface area contributed by atoms with Gasteiger partial charge in [0.15, 0.2) is 0 Å². The molecule has 172 valence electrons. The van der Waals surface area contributed by atoms with E-state index in [0.717, 1.165) is 26.9 Å². The SMILES string of the molecule is CCC(Sc1cccc(NC(=O)c2ccc3ccccc3c2)c1)C(=O)Nc1ccc(C)c(C)c1. The van der Waals surface area contributed by atoms with E-state index in [9.17, 15) is 9.59 Å². The standard InChI is InChI=1S/C29H28N2O2S/c1-4-27(29(33)31-25-15-12-19(2)20(3)16-25)34-26-11-7-10-24(18-26)30-28(32)23-14-13-21-8-5-6-9-22(21)17-23/h5-18,27H,4H2,1-3H3,(H,30,32)(H,31,33). The molecule has 0 aliphatic carbocycles. The van der Waals surface area contributed by atoms with E-state index < -0.39 is 0 Å². The molecular formula is C29H28N2O2S. The van der Waals surface area contributed by atoms with Gasteiger partial charge in [-0.2, -0.15) is 0 Å². The molecule has 4 rings (SSSR count). The molecule has 0 radical (unpaired) electrons. The average molecular weight is 469 g/mol. The van der Waals surface area contributed by atoms with Crippen LogP contribution in [0.25, 0.3) is 10.8 Å².